The van der Waals surface area contributed by atoms with Crippen molar-refractivity contribution in [3.05, 3.63) is 216 Å². The van der Waals surface area contributed by atoms with Gasteiger partial charge in [0, 0.05) is 306 Å². The smallest absolute Gasteiger partial charge is 0.123 e. The quantitative estimate of drug-likeness (QED) is 0.0302. The molecular weight excluding hydrogens is 1780 g/mol. The molecule has 0 radical (unpaired) electrons. The third-order valence-electron chi connectivity index (χ3n) is 35.9. The van der Waals surface area contributed by atoms with Gasteiger partial charge in [-0.05, 0) is 370 Å². The molecule has 6 N–H and O–H groups in total. The van der Waals surface area contributed by atoms with Gasteiger partial charge in [0.15, 0.2) is 0 Å². The maximum atomic E-state index is 13.7. The van der Waals surface area contributed by atoms with Crippen molar-refractivity contribution in [2.45, 2.75) is 210 Å². The Labute approximate surface area is 856 Å². The lowest BCUT2D eigenvalue weighted by Crippen LogP contribution is -2.65. The van der Waals surface area contributed by atoms with E-state index in [1.807, 2.05) is 48.5 Å². The van der Waals surface area contributed by atoms with Gasteiger partial charge in [0.25, 0.3) is 0 Å². The van der Waals surface area contributed by atoms with Crippen molar-refractivity contribution in [1.29, 1.82) is 10.5 Å². The van der Waals surface area contributed by atoms with Crippen LogP contribution in [-0.2, 0) is 0 Å². The summed E-state index contributed by atoms with van der Waals surface area (Å²) in [5.74, 6) is 1.34. The van der Waals surface area contributed by atoms with Crippen LogP contribution in [0, 0.1) is 53.1 Å². The van der Waals surface area contributed by atoms with Crippen LogP contribution in [0.15, 0.2) is 188 Å². The summed E-state index contributed by atoms with van der Waals surface area (Å²) in [5.41, 5.74) is 22.4. The average molecular weight is 1940 g/mol. The van der Waals surface area contributed by atoms with E-state index in [0.29, 0.717) is 51.9 Å². The molecule has 23 rings (SSSR count). The van der Waals surface area contributed by atoms with Crippen LogP contribution in [-0.4, -0.2) is 291 Å². The normalized spacial score (nSPS) is 20.8. The highest BCUT2D eigenvalue weighted by molar-refractivity contribution is 5.91. The number of hydrogen-bond donors (Lipinski definition) is 6. The molecular formula is C122H160F2N20. The third kappa shape index (κ3) is 23.9. The summed E-state index contributed by atoms with van der Waals surface area (Å²) < 4.78 is 27.3. The van der Waals surface area contributed by atoms with Crippen molar-refractivity contribution < 1.29 is 8.78 Å². The molecule has 12 heterocycles. The molecule has 0 spiro atoms. The van der Waals surface area contributed by atoms with Gasteiger partial charge in [0.2, 0.25) is 0 Å². The predicted octanol–water partition coefficient (Wildman–Crippen LogP) is 22.1. The minimum Gasteiger partial charge on any atom is -0.371 e. The van der Waals surface area contributed by atoms with E-state index in [1.54, 1.807) is 12.1 Å². The van der Waals surface area contributed by atoms with Gasteiger partial charge in [-0.15, -0.1) is 0 Å². The molecule has 11 fully saturated rings. The molecule has 20 nitrogen and oxygen atoms in total. The van der Waals surface area contributed by atoms with E-state index in [0.717, 1.165) is 144 Å². The van der Waals surface area contributed by atoms with Crippen LogP contribution in [0.3, 0.4) is 0 Å². The first-order chi connectivity index (χ1) is 70.2. The van der Waals surface area contributed by atoms with E-state index in [2.05, 4.69) is 265 Å². The second-order valence-electron chi connectivity index (χ2n) is 45.4. The number of anilines is 4. The van der Waals surface area contributed by atoms with Gasteiger partial charge in [-0.1, -0.05) is 42.5 Å². The monoisotopic (exact) mass is 1940 g/mol. The lowest BCUT2D eigenvalue weighted by atomic mass is 9.70. The van der Waals surface area contributed by atoms with E-state index in [4.69, 9.17) is 0 Å². The lowest BCUT2D eigenvalue weighted by molar-refractivity contribution is -0.0252. The van der Waals surface area contributed by atoms with Gasteiger partial charge in [0.1, 0.15) is 11.6 Å². The molecule has 22 heteroatoms. The minimum absolute atomic E-state index is 0.188. The molecule has 0 atom stereocenters. The Kier molecular flexibility index (Phi) is 32.1. The largest absolute Gasteiger partial charge is 0.371 e. The number of rotatable bonds is 26. The van der Waals surface area contributed by atoms with Gasteiger partial charge in [0.05, 0.1) is 23.3 Å². The molecule has 12 aromatic rings. The molecule has 3 aliphatic carbocycles. The van der Waals surface area contributed by atoms with Crippen molar-refractivity contribution in [3.8, 4) is 57.2 Å². The summed E-state index contributed by atoms with van der Waals surface area (Å²) >= 11 is 0. The summed E-state index contributed by atoms with van der Waals surface area (Å²) in [7, 11) is 4.51. The van der Waals surface area contributed by atoms with Crippen LogP contribution in [0.1, 0.15) is 179 Å². The molecule has 0 bridgehead atoms. The lowest BCUT2D eigenvalue weighted by Gasteiger charge is -2.54. The van der Waals surface area contributed by atoms with E-state index in [-0.39, 0.29) is 11.6 Å². The number of hydrogen-bond acceptors (Lipinski definition) is 16. The van der Waals surface area contributed by atoms with E-state index in [1.165, 1.54) is 309 Å². The zero-order valence-electron chi connectivity index (χ0n) is 87.3. The molecule has 0 unspecified atom stereocenters. The topological polar surface area (TPSA) is 174 Å². The van der Waals surface area contributed by atoms with Crippen molar-refractivity contribution in [1.82, 2.24) is 69.8 Å². The van der Waals surface area contributed by atoms with Crippen LogP contribution in [0.5, 0.6) is 0 Å². The Morgan fingerprint density at radius 3 is 1.11 bits per heavy atom. The number of halogens is 2. The molecule has 0 amide bonds. The first kappa shape index (κ1) is 101. The predicted molar refractivity (Wildman–Crippen MR) is 593 cm³/mol. The SMILES string of the molecule is CC(C)N1CCN(C2(CNC3CCN(c4cccc(-c5cc6cc(C#N)ccc6[nH]5)c4)CC3)CCC2)CC1.CN1CCN(C2(CCC3CCN(c4cccc(-c5cc6cc(F)ccc6[nH]5)c4)CC3)CCC2)CC1.CN1CCN(C2(CNC3CCN(c4cccc(-c5cc6cc(C#N)ccc6[nH]5)c4)CC3)CCC2)CC1.Cc1ccc(N2CCC(CCCN3CCN(C(C)C)CC3)CC2)cc1-c1cc2cc(F)ccc2[nH]1. The first-order valence-corrected chi connectivity index (χ1v) is 55.5. The number of likely N-dealkylation sites (N-methyl/N-ethyl adjacent to an activating group) is 2. The zero-order chi connectivity index (χ0) is 98.8. The van der Waals surface area contributed by atoms with Gasteiger partial charge in [-0.25, -0.2) is 8.78 Å². The summed E-state index contributed by atoms with van der Waals surface area (Å²) in [6, 6.07) is 70.4. The number of piperidine rings is 4. The van der Waals surface area contributed by atoms with Crippen LogP contribution >= 0.6 is 0 Å². The molecule has 4 aromatic heterocycles. The van der Waals surface area contributed by atoms with E-state index < -0.39 is 0 Å². The second kappa shape index (κ2) is 45.9. The molecule has 8 aromatic carbocycles. The summed E-state index contributed by atoms with van der Waals surface area (Å²) in [4.78, 5) is 45.5. The summed E-state index contributed by atoms with van der Waals surface area (Å²) in [6.45, 7) is 43.6. The minimum atomic E-state index is -0.190. The molecule has 8 saturated heterocycles. The Hall–Kier alpha value is -10.4. The number of piperazine rings is 4. The molecule has 3 saturated carbocycles. The number of aromatic amines is 4. The zero-order valence-corrected chi connectivity index (χ0v) is 87.3. The standard InChI is InChI=1S/C32H42N6.C30H39FN4.C30H41FN4.C30H38N6/c1-24(2)36-15-17-38(18-16-36)32(11-4-12-32)23-34-28-9-13-37(14-10-28)29-6-3-5-26(20-29)31-21-27-19-25(22-33)7-8-30(27)35-31;1-33-16-18-35(19-17-33)30(11-3-12-30)13-8-23-9-14-34(15-10-23)27-5-2-4-24(21-27)29-22-25-20-26(31)6-7-28(25)32-29;1-22(2)34-17-15-33(16-18-34)12-4-5-24-10-13-35(14-11-24)27-8-6-23(3)28(21-27)30-20-25-19-26(31)7-9-29(25)32-30;1-34-14-16-36(17-15-34)30(10-3-11-30)22-32-26-8-12-35(13-9-26)27-5-2-4-24(19-27)29-20-25-18-23(21-31)6-7-28(25)33-29/h3,5-8,19-21,24,28,34-35H,4,9-18,23H2,1-2H3;2,4-7,20-23,32H,3,8-19H2,1H3;6-9,19-22,24,32H,4-5,10-18H2,1-3H3;2,4-7,18-20,26,32-33H,3,8-17,22H2,1H3. The highest BCUT2D eigenvalue weighted by Gasteiger charge is 2.47. The fourth-order valence-electron chi connectivity index (χ4n) is 25.8. The van der Waals surface area contributed by atoms with Crippen molar-refractivity contribution >= 4 is 66.4 Å². The Morgan fingerprint density at radius 2 is 0.715 bits per heavy atom. The number of benzene rings is 8. The van der Waals surface area contributed by atoms with Gasteiger partial charge < -0.3 is 64.9 Å². The van der Waals surface area contributed by atoms with Crippen LogP contribution in [0.4, 0.5) is 31.5 Å². The fraction of sp³-hybridized carbons (Fsp3) is 0.525. The van der Waals surface area contributed by atoms with Crippen LogP contribution in [0.2, 0.25) is 0 Å². The Bertz CT molecular complexity index is 6310. The number of aryl methyl sites for hydroxylation is 1. The van der Waals surface area contributed by atoms with Crippen LogP contribution in [0.25, 0.3) is 88.6 Å². The molecule has 144 heavy (non-hydrogen) atoms. The number of nitrogens with one attached hydrogen (secondary N) is 6. The second-order valence-corrected chi connectivity index (χ2v) is 45.4. The first-order valence-electron chi connectivity index (χ1n) is 55.5. The summed E-state index contributed by atoms with van der Waals surface area (Å²) in [5, 5.41) is 30.5. The number of nitrogens with zero attached hydrogens (tertiary/aromatic N) is 14. The molecule has 762 valence electrons. The Balaban J connectivity index is 0.000000117. The van der Waals surface area contributed by atoms with Crippen molar-refractivity contribution in [3.63, 3.8) is 0 Å². The van der Waals surface area contributed by atoms with Gasteiger partial charge >= 0.3 is 0 Å². The van der Waals surface area contributed by atoms with E-state index in [9.17, 15) is 19.3 Å². The van der Waals surface area contributed by atoms with E-state index >= 15 is 0 Å². The van der Waals surface area contributed by atoms with Gasteiger partial charge in [-0.3, -0.25) is 24.5 Å². The highest BCUT2D eigenvalue weighted by Crippen LogP contribution is 2.46. The van der Waals surface area contributed by atoms with Gasteiger partial charge in [-0.2, -0.15) is 10.5 Å². The number of H-pyrrole nitrogens is 4. The third-order valence-corrected chi connectivity index (χ3v) is 35.9. The van der Waals surface area contributed by atoms with Crippen LogP contribution < -0.4 is 30.2 Å². The number of fused-ring (bicyclic) bond motifs is 4. The Morgan fingerprint density at radius 1 is 0.361 bits per heavy atom. The average Bonchev–Trinajstić information content (AvgIpc) is 1.72. The van der Waals surface area contributed by atoms with Crippen molar-refractivity contribution in [2.75, 3.05) is 210 Å². The maximum Gasteiger partial charge on any atom is 0.123 e. The maximum absolute atomic E-state index is 13.7. The highest BCUT2D eigenvalue weighted by atomic mass is 19.1. The van der Waals surface area contributed by atoms with Crippen molar-refractivity contribution in [2.24, 2.45) is 11.8 Å². The fourth-order valence-corrected chi connectivity index (χ4v) is 25.8. The number of aromatic nitrogens is 4. The molecule has 8 aliphatic heterocycles. The molecule has 11 aliphatic rings. The number of nitriles is 2. The summed E-state index contributed by atoms with van der Waals surface area (Å²) in [6.07, 6.45) is 27.9.